The van der Waals surface area contributed by atoms with Crippen molar-refractivity contribution in [3.63, 3.8) is 0 Å². The molecule has 37 heavy (non-hydrogen) atoms. The predicted molar refractivity (Wildman–Crippen MR) is 143 cm³/mol. The van der Waals surface area contributed by atoms with Gasteiger partial charge in [0.2, 0.25) is 5.91 Å². The van der Waals surface area contributed by atoms with Gasteiger partial charge >= 0.3 is 5.69 Å². The summed E-state index contributed by atoms with van der Waals surface area (Å²) in [4.78, 5) is 28.9. The zero-order valence-electron chi connectivity index (χ0n) is 22.7. The molecule has 9 nitrogen and oxygen atoms in total. The minimum absolute atomic E-state index is 0.0726. The molecule has 206 valence electrons. The van der Waals surface area contributed by atoms with Crippen molar-refractivity contribution in [1.82, 2.24) is 14.2 Å². The lowest BCUT2D eigenvalue weighted by Crippen LogP contribution is -2.52. The number of hydrogen-bond acceptors (Lipinski definition) is 7. The largest absolute Gasteiger partial charge is 0.352 e. The third kappa shape index (κ3) is 5.40. The Morgan fingerprint density at radius 3 is 2.70 bits per heavy atom. The molecule has 2 aliphatic heterocycles. The highest BCUT2D eigenvalue weighted by Gasteiger charge is 2.58. The van der Waals surface area contributed by atoms with Crippen LogP contribution in [0.25, 0.3) is 0 Å². The number of nitrogens with zero attached hydrogens (tertiary/aromatic N) is 3. The summed E-state index contributed by atoms with van der Waals surface area (Å²) in [6, 6.07) is 2.07. The van der Waals surface area contributed by atoms with Crippen LogP contribution in [0.1, 0.15) is 97.6 Å². The molecule has 3 heterocycles. The Labute approximate surface area is 221 Å². The molecule has 2 aliphatic carbocycles. The number of carbonyl (C=O) groups is 1. The van der Waals surface area contributed by atoms with Gasteiger partial charge in [-0.25, -0.2) is 9.46 Å². The standard InChI is InChI=1S/C27H43N4O5P/c1-5-20-21(17-24(34-20)31-16-14-23(29-26(31)33)28-25(32)18(2)3)35-37-30(4)22-13-9-10-15-27(22,36-37)19-11-7-6-8-12-19/h14,16,18-22,24H,5-13,15,17H2,1-4H3,(H,28,29,32,33)/t20-,21?,22+,24-,27+,37-/m1/s1. The Morgan fingerprint density at radius 1 is 1.24 bits per heavy atom. The Hall–Kier alpha value is -1.38. The summed E-state index contributed by atoms with van der Waals surface area (Å²) in [5.74, 6) is 0.525. The van der Waals surface area contributed by atoms with Crippen LogP contribution in [0.5, 0.6) is 0 Å². The van der Waals surface area contributed by atoms with Crippen molar-refractivity contribution in [3.05, 3.63) is 22.7 Å². The Kier molecular flexibility index (Phi) is 8.37. The van der Waals surface area contributed by atoms with E-state index in [0.717, 1.165) is 12.8 Å². The van der Waals surface area contributed by atoms with Gasteiger partial charge in [-0.2, -0.15) is 4.98 Å². The summed E-state index contributed by atoms with van der Waals surface area (Å²) in [5.41, 5.74) is -0.513. The smallest absolute Gasteiger partial charge is 0.351 e. The van der Waals surface area contributed by atoms with Gasteiger partial charge in [-0.05, 0) is 51.1 Å². The molecule has 4 fully saturated rings. The number of fused-ring (bicyclic) bond motifs is 1. The van der Waals surface area contributed by atoms with E-state index in [-0.39, 0.29) is 35.5 Å². The van der Waals surface area contributed by atoms with Crippen LogP contribution in [0.3, 0.4) is 0 Å². The maximum absolute atomic E-state index is 12.8. The molecule has 0 bridgehead atoms. The first kappa shape index (κ1) is 27.2. The van der Waals surface area contributed by atoms with E-state index in [4.69, 9.17) is 13.8 Å². The van der Waals surface area contributed by atoms with Gasteiger partial charge < -0.3 is 19.1 Å². The first-order valence-electron chi connectivity index (χ1n) is 14.3. The van der Waals surface area contributed by atoms with E-state index < -0.39 is 20.4 Å². The molecule has 0 aromatic carbocycles. The van der Waals surface area contributed by atoms with Crippen molar-refractivity contribution in [1.29, 1.82) is 0 Å². The highest BCUT2D eigenvalue weighted by Crippen LogP contribution is 2.64. The lowest BCUT2D eigenvalue weighted by molar-refractivity contribution is -0.118. The lowest BCUT2D eigenvalue weighted by Gasteiger charge is -2.45. The second-order valence-corrected chi connectivity index (χ2v) is 13.0. The van der Waals surface area contributed by atoms with E-state index in [0.29, 0.717) is 18.4 Å². The van der Waals surface area contributed by atoms with Gasteiger partial charge in [0, 0.05) is 24.6 Å². The van der Waals surface area contributed by atoms with Gasteiger partial charge in [-0.1, -0.05) is 52.9 Å². The molecule has 0 spiro atoms. The molecular weight excluding hydrogens is 491 g/mol. The second-order valence-electron chi connectivity index (χ2n) is 11.5. The van der Waals surface area contributed by atoms with Crippen LogP contribution in [0.2, 0.25) is 0 Å². The SMILES string of the molecule is CC[C@H]1O[C@@H](n2ccc(NC(=O)C(C)C)nc2=O)CC1O[P@]1O[C@]2(C3CCCCC3)CCCC[C@@H]2N1C. The quantitative estimate of drug-likeness (QED) is 0.470. The van der Waals surface area contributed by atoms with Gasteiger partial charge in [-0.3, -0.25) is 9.36 Å². The van der Waals surface area contributed by atoms with Crippen molar-refractivity contribution < 1.29 is 18.6 Å². The fourth-order valence-corrected chi connectivity index (χ4v) is 8.72. The van der Waals surface area contributed by atoms with Crippen LogP contribution in [-0.2, 0) is 18.6 Å². The number of likely N-dealkylation sites (N-methyl/N-ethyl adjacent to an activating group) is 1. The molecule has 1 unspecified atom stereocenters. The average Bonchev–Trinajstić information content (AvgIpc) is 3.43. The normalized spacial score (nSPS) is 35.1. The van der Waals surface area contributed by atoms with Crippen molar-refractivity contribution in [3.8, 4) is 0 Å². The van der Waals surface area contributed by atoms with E-state index in [9.17, 15) is 9.59 Å². The summed E-state index contributed by atoms with van der Waals surface area (Å²) in [6.45, 7) is 5.69. The Balaban J connectivity index is 1.29. The fourth-order valence-electron chi connectivity index (χ4n) is 6.75. The number of carbonyl (C=O) groups excluding carboxylic acids is 1. The Bertz CT molecular complexity index is 1010. The maximum Gasteiger partial charge on any atom is 0.351 e. The summed E-state index contributed by atoms with van der Waals surface area (Å²) in [7, 11) is 0.992. The fraction of sp³-hybridized carbons (Fsp3) is 0.815. The van der Waals surface area contributed by atoms with E-state index in [1.54, 1.807) is 26.1 Å². The molecule has 10 heteroatoms. The number of ether oxygens (including phenoxy) is 1. The zero-order valence-corrected chi connectivity index (χ0v) is 23.6. The predicted octanol–water partition coefficient (Wildman–Crippen LogP) is 5.37. The molecule has 1 amide bonds. The van der Waals surface area contributed by atoms with Gasteiger partial charge in [-0.15, -0.1) is 0 Å². The summed E-state index contributed by atoms with van der Waals surface area (Å²) in [5, 5.41) is 2.69. The number of amides is 1. The maximum atomic E-state index is 12.8. The van der Waals surface area contributed by atoms with Crippen LogP contribution < -0.4 is 11.0 Å². The molecule has 2 saturated heterocycles. The molecule has 1 N–H and O–H groups in total. The van der Waals surface area contributed by atoms with Crippen molar-refractivity contribution in [2.45, 2.75) is 121 Å². The molecule has 1 aromatic rings. The van der Waals surface area contributed by atoms with E-state index >= 15 is 0 Å². The second kappa shape index (κ2) is 11.4. The van der Waals surface area contributed by atoms with E-state index in [1.807, 2.05) is 0 Å². The number of anilines is 1. The lowest BCUT2D eigenvalue weighted by atomic mass is 9.67. The van der Waals surface area contributed by atoms with Crippen LogP contribution >= 0.6 is 8.53 Å². The average molecular weight is 535 g/mol. The van der Waals surface area contributed by atoms with Crippen LogP contribution in [0.15, 0.2) is 17.1 Å². The monoisotopic (exact) mass is 534 g/mol. The molecule has 5 rings (SSSR count). The van der Waals surface area contributed by atoms with Gasteiger partial charge in [0.1, 0.15) is 12.0 Å². The topological polar surface area (TPSA) is 94.9 Å². The first-order chi connectivity index (χ1) is 17.8. The van der Waals surface area contributed by atoms with E-state index in [1.165, 1.54) is 55.9 Å². The minimum atomic E-state index is -1.19. The summed E-state index contributed by atoms with van der Waals surface area (Å²) >= 11 is 0. The van der Waals surface area contributed by atoms with Crippen molar-refractivity contribution >= 4 is 20.3 Å². The molecule has 4 aliphatic rings. The summed E-state index contributed by atoms with van der Waals surface area (Å²) < 4.78 is 23.9. The highest BCUT2D eigenvalue weighted by molar-refractivity contribution is 7.45. The van der Waals surface area contributed by atoms with E-state index in [2.05, 4.69) is 28.9 Å². The number of aromatic nitrogens is 2. The van der Waals surface area contributed by atoms with Crippen LogP contribution in [0, 0.1) is 11.8 Å². The van der Waals surface area contributed by atoms with Gasteiger partial charge in [0.05, 0.1) is 17.8 Å². The van der Waals surface area contributed by atoms with Crippen LogP contribution in [-0.4, -0.2) is 51.0 Å². The first-order valence-corrected chi connectivity index (χ1v) is 15.4. The number of hydrogen-bond donors (Lipinski definition) is 1. The molecule has 6 atom stereocenters. The summed E-state index contributed by atoms with van der Waals surface area (Å²) in [6.07, 6.45) is 13.6. The molecular formula is C27H43N4O5P. The van der Waals surface area contributed by atoms with Gasteiger partial charge in [0.25, 0.3) is 8.53 Å². The molecule has 1 aromatic heterocycles. The van der Waals surface area contributed by atoms with Crippen molar-refractivity contribution in [2.24, 2.45) is 11.8 Å². The van der Waals surface area contributed by atoms with Gasteiger partial charge in [0.15, 0.2) is 0 Å². The Morgan fingerprint density at radius 2 is 2.00 bits per heavy atom. The minimum Gasteiger partial charge on any atom is -0.352 e. The zero-order chi connectivity index (χ0) is 26.2. The van der Waals surface area contributed by atoms with Crippen molar-refractivity contribution in [2.75, 3.05) is 12.4 Å². The molecule has 2 saturated carbocycles. The number of nitrogens with one attached hydrogen (secondary N) is 1. The third-order valence-electron chi connectivity index (χ3n) is 8.84. The van der Waals surface area contributed by atoms with Crippen LogP contribution in [0.4, 0.5) is 5.82 Å². The third-order valence-corrected chi connectivity index (χ3v) is 10.6. The number of rotatable bonds is 7. The highest BCUT2D eigenvalue weighted by atomic mass is 31.2. The molecule has 0 radical (unpaired) electrons.